The zero-order valence-corrected chi connectivity index (χ0v) is 12.3. The van der Waals surface area contributed by atoms with Gasteiger partial charge in [0.15, 0.2) is 0 Å². The maximum atomic E-state index is 12.4. The number of rotatable bonds is 2. The molecule has 0 saturated carbocycles. The average molecular weight is 297 g/mol. The number of anilines is 1. The Balaban J connectivity index is 1.77. The van der Waals surface area contributed by atoms with Gasteiger partial charge in [0.1, 0.15) is 0 Å². The number of fused-ring (bicyclic) bond motifs is 1. The fourth-order valence-corrected chi connectivity index (χ4v) is 2.92. The normalized spacial score (nSPS) is 18.2. The number of nitrogens with one attached hydrogen (secondary N) is 1. The summed E-state index contributed by atoms with van der Waals surface area (Å²) in [6.45, 7) is 1.05. The smallest absolute Gasteiger partial charge is 0.321 e. The Labute approximate surface area is 129 Å². The first-order chi connectivity index (χ1) is 10.6. The van der Waals surface area contributed by atoms with E-state index >= 15 is 0 Å². The van der Waals surface area contributed by atoms with Gasteiger partial charge in [0, 0.05) is 18.5 Å². The topological polar surface area (TPSA) is 75.4 Å². The van der Waals surface area contributed by atoms with Crippen molar-refractivity contribution in [3.05, 3.63) is 42.5 Å². The molecule has 5 heteroatoms. The lowest BCUT2D eigenvalue weighted by Crippen LogP contribution is -2.45. The van der Waals surface area contributed by atoms with Crippen molar-refractivity contribution in [1.82, 2.24) is 4.90 Å². The third kappa shape index (κ3) is 2.88. The van der Waals surface area contributed by atoms with Gasteiger partial charge in [0.2, 0.25) is 5.91 Å². The summed E-state index contributed by atoms with van der Waals surface area (Å²) in [5, 5.41) is 5.03. The fraction of sp³-hybridized carbons (Fsp3) is 0.294. The zero-order chi connectivity index (χ0) is 15.5. The Morgan fingerprint density at radius 1 is 1.14 bits per heavy atom. The molecule has 1 fully saturated rings. The van der Waals surface area contributed by atoms with Gasteiger partial charge in [0.05, 0.1) is 11.6 Å². The maximum Gasteiger partial charge on any atom is 0.321 e. The SMILES string of the molecule is NC(=O)[C@@H]1CCCN(C(=O)Nc2cccc3ccccc23)C1. The second-order valence-electron chi connectivity index (χ2n) is 5.64. The molecule has 3 N–H and O–H groups in total. The van der Waals surface area contributed by atoms with Gasteiger partial charge in [-0.25, -0.2) is 4.79 Å². The van der Waals surface area contributed by atoms with Crippen molar-refractivity contribution in [1.29, 1.82) is 0 Å². The van der Waals surface area contributed by atoms with Crippen molar-refractivity contribution >= 4 is 28.4 Å². The molecule has 1 atom stereocenters. The number of carbonyl (C=O) groups excluding carboxylic acids is 2. The zero-order valence-electron chi connectivity index (χ0n) is 12.3. The third-order valence-corrected chi connectivity index (χ3v) is 4.14. The quantitative estimate of drug-likeness (QED) is 0.894. The molecule has 1 aliphatic rings. The predicted molar refractivity (Wildman–Crippen MR) is 86.5 cm³/mol. The van der Waals surface area contributed by atoms with Gasteiger partial charge in [-0.2, -0.15) is 0 Å². The lowest BCUT2D eigenvalue weighted by molar-refractivity contribution is -0.123. The predicted octanol–water partition coefficient (Wildman–Crippen LogP) is 2.57. The summed E-state index contributed by atoms with van der Waals surface area (Å²) in [4.78, 5) is 25.4. The molecule has 1 saturated heterocycles. The number of nitrogens with two attached hydrogens (primary N) is 1. The molecule has 0 aromatic heterocycles. The minimum atomic E-state index is -0.331. The van der Waals surface area contributed by atoms with E-state index in [0.717, 1.165) is 29.3 Å². The number of nitrogens with zero attached hydrogens (tertiary/aromatic N) is 1. The molecule has 1 heterocycles. The largest absolute Gasteiger partial charge is 0.369 e. The van der Waals surface area contributed by atoms with Crippen LogP contribution in [0.15, 0.2) is 42.5 Å². The summed E-state index contributed by atoms with van der Waals surface area (Å²) in [6.07, 6.45) is 1.56. The van der Waals surface area contributed by atoms with E-state index in [9.17, 15) is 9.59 Å². The molecule has 1 aliphatic heterocycles. The second kappa shape index (κ2) is 6.05. The number of hydrogen-bond donors (Lipinski definition) is 2. The highest BCUT2D eigenvalue weighted by molar-refractivity contribution is 6.01. The van der Waals surface area contributed by atoms with Crippen molar-refractivity contribution in [2.75, 3.05) is 18.4 Å². The summed E-state index contributed by atoms with van der Waals surface area (Å²) in [5.41, 5.74) is 6.14. The van der Waals surface area contributed by atoms with E-state index in [1.54, 1.807) is 4.90 Å². The van der Waals surface area contributed by atoms with E-state index in [1.807, 2.05) is 42.5 Å². The molecule has 0 aliphatic carbocycles. The van der Waals surface area contributed by atoms with Gasteiger partial charge in [-0.05, 0) is 24.3 Å². The van der Waals surface area contributed by atoms with Crippen molar-refractivity contribution in [3.63, 3.8) is 0 Å². The molecule has 114 valence electrons. The Bertz CT molecular complexity index is 709. The van der Waals surface area contributed by atoms with Crippen LogP contribution in [0.4, 0.5) is 10.5 Å². The minimum absolute atomic E-state index is 0.178. The highest BCUT2D eigenvalue weighted by atomic mass is 16.2. The highest BCUT2D eigenvalue weighted by Gasteiger charge is 2.27. The molecule has 0 spiro atoms. The first kappa shape index (κ1) is 14.4. The Hall–Kier alpha value is -2.56. The third-order valence-electron chi connectivity index (χ3n) is 4.14. The summed E-state index contributed by atoms with van der Waals surface area (Å²) in [7, 11) is 0. The molecule has 5 nitrogen and oxygen atoms in total. The van der Waals surface area contributed by atoms with E-state index < -0.39 is 0 Å². The highest BCUT2D eigenvalue weighted by Crippen LogP contribution is 2.24. The van der Waals surface area contributed by atoms with Crippen molar-refractivity contribution in [2.45, 2.75) is 12.8 Å². The lowest BCUT2D eigenvalue weighted by atomic mass is 9.98. The monoisotopic (exact) mass is 297 g/mol. The Morgan fingerprint density at radius 3 is 2.73 bits per heavy atom. The van der Waals surface area contributed by atoms with E-state index in [4.69, 9.17) is 5.73 Å². The van der Waals surface area contributed by atoms with Crippen LogP contribution >= 0.6 is 0 Å². The van der Waals surface area contributed by atoms with Gasteiger partial charge >= 0.3 is 6.03 Å². The van der Waals surface area contributed by atoms with E-state index in [2.05, 4.69) is 5.32 Å². The van der Waals surface area contributed by atoms with Crippen molar-refractivity contribution in [3.8, 4) is 0 Å². The van der Waals surface area contributed by atoms with Crippen LogP contribution in [0.2, 0.25) is 0 Å². The molecule has 3 amide bonds. The molecular formula is C17H19N3O2. The summed E-state index contributed by atoms with van der Waals surface area (Å²) in [6, 6.07) is 13.5. The number of carbonyl (C=O) groups is 2. The van der Waals surface area contributed by atoms with E-state index in [0.29, 0.717) is 13.1 Å². The van der Waals surface area contributed by atoms with Crippen molar-refractivity contribution in [2.24, 2.45) is 11.7 Å². The molecule has 0 unspecified atom stereocenters. The Kier molecular flexibility index (Phi) is 3.96. The van der Waals surface area contributed by atoms with Crippen LogP contribution < -0.4 is 11.1 Å². The van der Waals surface area contributed by atoms with Gasteiger partial charge in [-0.15, -0.1) is 0 Å². The molecular weight excluding hydrogens is 278 g/mol. The number of urea groups is 1. The maximum absolute atomic E-state index is 12.4. The first-order valence-corrected chi connectivity index (χ1v) is 7.48. The summed E-state index contributed by atoms with van der Waals surface area (Å²) >= 11 is 0. The van der Waals surface area contributed by atoms with Gasteiger partial charge in [-0.1, -0.05) is 36.4 Å². The van der Waals surface area contributed by atoms with E-state index in [-0.39, 0.29) is 17.9 Å². The van der Waals surface area contributed by atoms with Crippen LogP contribution in [-0.4, -0.2) is 29.9 Å². The van der Waals surface area contributed by atoms with Crippen LogP contribution in [0, 0.1) is 5.92 Å². The average Bonchev–Trinajstić information content (AvgIpc) is 2.55. The van der Waals surface area contributed by atoms with Gasteiger partial charge < -0.3 is 16.0 Å². The number of amides is 3. The molecule has 2 aromatic carbocycles. The number of primary amides is 1. The van der Waals surface area contributed by atoms with Crippen LogP contribution in [0.25, 0.3) is 10.8 Å². The fourth-order valence-electron chi connectivity index (χ4n) is 2.92. The van der Waals surface area contributed by atoms with E-state index in [1.165, 1.54) is 0 Å². The number of likely N-dealkylation sites (tertiary alicyclic amines) is 1. The number of hydrogen-bond acceptors (Lipinski definition) is 2. The standard InChI is InChI=1S/C17H19N3O2/c18-16(21)13-7-4-10-20(11-13)17(22)19-15-9-3-6-12-5-1-2-8-14(12)15/h1-3,5-6,8-9,13H,4,7,10-11H2,(H2,18,21)(H,19,22)/t13-/m1/s1. The first-order valence-electron chi connectivity index (χ1n) is 7.48. The van der Waals surface area contributed by atoms with Gasteiger partial charge in [0.25, 0.3) is 0 Å². The van der Waals surface area contributed by atoms with Crippen LogP contribution in [0.3, 0.4) is 0 Å². The number of piperidine rings is 1. The lowest BCUT2D eigenvalue weighted by Gasteiger charge is -2.31. The molecule has 0 bridgehead atoms. The Morgan fingerprint density at radius 2 is 1.91 bits per heavy atom. The number of benzene rings is 2. The van der Waals surface area contributed by atoms with Crippen LogP contribution in [0.5, 0.6) is 0 Å². The summed E-state index contributed by atoms with van der Waals surface area (Å²) < 4.78 is 0. The van der Waals surface area contributed by atoms with Crippen molar-refractivity contribution < 1.29 is 9.59 Å². The molecule has 22 heavy (non-hydrogen) atoms. The molecule has 2 aromatic rings. The van der Waals surface area contributed by atoms with Crippen LogP contribution in [0.1, 0.15) is 12.8 Å². The molecule has 0 radical (unpaired) electrons. The van der Waals surface area contributed by atoms with Gasteiger partial charge in [-0.3, -0.25) is 4.79 Å². The molecule has 3 rings (SSSR count). The summed E-state index contributed by atoms with van der Waals surface area (Å²) in [5.74, 6) is -0.574. The van der Waals surface area contributed by atoms with Crippen LogP contribution in [-0.2, 0) is 4.79 Å². The minimum Gasteiger partial charge on any atom is -0.369 e. The second-order valence-corrected chi connectivity index (χ2v) is 5.64.